The predicted molar refractivity (Wildman–Crippen MR) is 113 cm³/mol. The summed E-state index contributed by atoms with van der Waals surface area (Å²) in [6, 6.07) is 15.6. The molecule has 2 N–H and O–H groups in total. The van der Waals surface area contributed by atoms with Gasteiger partial charge in [0.1, 0.15) is 0 Å². The Labute approximate surface area is 169 Å². The van der Waals surface area contributed by atoms with E-state index in [1.165, 1.54) is 12.5 Å². The van der Waals surface area contributed by atoms with E-state index in [-0.39, 0.29) is 11.8 Å². The van der Waals surface area contributed by atoms with E-state index in [1.54, 1.807) is 0 Å². The summed E-state index contributed by atoms with van der Waals surface area (Å²) in [7, 11) is 0. The van der Waals surface area contributed by atoms with E-state index in [1.807, 2.05) is 53.4 Å². The van der Waals surface area contributed by atoms with Crippen molar-refractivity contribution in [3.63, 3.8) is 0 Å². The highest BCUT2D eigenvalue weighted by atomic mass is 16.2. The number of carbonyl (C=O) groups is 2. The average Bonchev–Trinajstić information content (AvgIpc) is 3.01. The first-order valence-electron chi connectivity index (χ1n) is 9.91. The minimum absolute atomic E-state index is 0.0102. The van der Waals surface area contributed by atoms with E-state index in [4.69, 9.17) is 0 Å². The molecule has 1 aliphatic rings. The molecule has 3 aromatic rings. The zero-order chi connectivity index (χ0) is 20.2. The Bertz CT molecular complexity index is 1010. The minimum Gasteiger partial charge on any atom is -0.336 e. The second-order valence-electron chi connectivity index (χ2n) is 7.42. The summed E-state index contributed by atoms with van der Waals surface area (Å²) in [6.45, 7) is 5.51. The van der Waals surface area contributed by atoms with Gasteiger partial charge in [-0.1, -0.05) is 30.3 Å². The maximum Gasteiger partial charge on any atom is 0.275 e. The number of carbonyl (C=O) groups excluding carboxylic acids is 2. The maximum atomic E-state index is 13.0. The van der Waals surface area contributed by atoms with Crippen molar-refractivity contribution in [2.24, 2.45) is 0 Å². The van der Waals surface area contributed by atoms with E-state index in [2.05, 4.69) is 20.4 Å². The second kappa shape index (κ2) is 8.45. The Kier molecular flexibility index (Phi) is 5.57. The fraction of sp³-hybridized carbons (Fsp3) is 0.318. The smallest absolute Gasteiger partial charge is 0.275 e. The van der Waals surface area contributed by atoms with Crippen molar-refractivity contribution in [3.05, 3.63) is 59.8 Å². The van der Waals surface area contributed by atoms with Crippen LogP contribution in [-0.2, 0) is 11.3 Å². The van der Waals surface area contributed by atoms with E-state index in [0.29, 0.717) is 12.2 Å². The number of benzene rings is 2. The third-order valence-corrected chi connectivity index (χ3v) is 5.23. The van der Waals surface area contributed by atoms with Crippen LogP contribution in [-0.4, -0.2) is 58.0 Å². The number of rotatable bonds is 4. The molecule has 2 heterocycles. The topological polar surface area (TPSA) is 81.3 Å². The average molecular weight is 391 g/mol. The van der Waals surface area contributed by atoms with Crippen LogP contribution in [0.25, 0.3) is 10.9 Å². The van der Waals surface area contributed by atoms with Crippen LogP contribution in [0.5, 0.6) is 0 Å². The predicted octanol–water partition coefficient (Wildman–Crippen LogP) is 2.87. The van der Waals surface area contributed by atoms with Gasteiger partial charge < -0.3 is 10.2 Å². The lowest BCUT2D eigenvalue weighted by atomic mass is 10.2. The molecule has 0 aliphatic carbocycles. The molecular formula is C22H25N5O2. The molecule has 0 bridgehead atoms. The van der Waals surface area contributed by atoms with Crippen molar-refractivity contribution in [2.45, 2.75) is 19.9 Å². The van der Waals surface area contributed by atoms with Crippen LogP contribution in [0.15, 0.2) is 48.5 Å². The number of anilines is 1. The van der Waals surface area contributed by atoms with Crippen LogP contribution in [0.4, 0.5) is 5.69 Å². The van der Waals surface area contributed by atoms with Gasteiger partial charge in [0.25, 0.3) is 5.91 Å². The lowest BCUT2D eigenvalue weighted by Gasteiger charge is -2.21. The first-order chi connectivity index (χ1) is 14.1. The van der Waals surface area contributed by atoms with Crippen LogP contribution < -0.4 is 5.32 Å². The van der Waals surface area contributed by atoms with E-state index >= 15 is 0 Å². The highest BCUT2D eigenvalue weighted by molar-refractivity contribution is 6.04. The Hall–Kier alpha value is -3.19. The minimum atomic E-state index is -0.0697. The number of nitrogens with zero attached hydrogens (tertiary/aromatic N) is 3. The van der Waals surface area contributed by atoms with E-state index in [9.17, 15) is 9.59 Å². The van der Waals surface area contributed by atoms with Crippen LogP contribution >= 0.6 is 0 Å². The molecular weight excluding hydrogens is 366 g/mol. The molecule has 0 unspecified atom stereocenters. The fourth-order valence-corrected chi connectivity index (χ4v) is 3.76. The van der Waals surface area contributed by atoms with Gasteiger partial charge in [0.2, 0.25) is 5.91 Å². The fourth-order valence-electron chi connectivity index (χ4n) is 3.76. The monoisotopic (exact) mass is 391 g/mol. The van der Waals surface area contributed by atoms with Gasteiger partial charge in [0, 0.05) is 50.7 Å². The number of nitrogens with one attached hydrogen (secondary N) is 2. The Balaban J connectivity index is 1.38. The lowest BCUT2D eigenvalue weighted by Crippen LogP contribution is -2.35. The van der Waals surface area contributed by atoms with Crippen LogP contribution in [0, 0.1) is 0 Å². The zero-order valence-corrected chi connectivity index (χ0v) is 16.5. The highest BCUT2D eigenvalue weighted by Crippen LogP contribution is 2.18. The van der Waals surface area contributed by atoms with Crippen molar-refractivity contribution >= 4 is 28.4 Å². The lowest BCUT2D eigenvalue weighted by molar-refractivity contribution is -0.114. The first-order valence-corrected chi connectivity index (χ1v) is 9.91. The van der Waals surface area contributed by atoms with Crippen molar-refractivity contribution in [1.29, 1.82) is 0 Å². The van der Waals surface area contributed by atoms with Crippen molar-refractivity contribution in [2.75, 3.05) is 31.5 Å². The Morgan fingerprint density at radius 2 is 1.83 bits per heavy atom. The number of fused-ring (bicyclic) bond motifs is 1. The molecule has 1 aliphatic heterocycles. The molecule has 7 heteroatoms. The van der Waals surface area contributed by atoms with Crippen LogP contribution in [0.1, 0.15) is 29.4 Å². The SMILES string of the molecule is CC(=O)Nc1ccc(CN2CCCN(C(=O)c3n[nH]c4ccccc34)CC2)cc1. The van der Waals surface area contributed by atoms with Crippen molar-refractivity contribution in [1.82, 2.24) is 20.0 Å². The summed E-state index contributed by atoms with van der Waals surface area (Å²) in [4.78, 5) is 28.4. The molecule has 2 aromatic carbocycles. The molecule has 1 fully saturated rings. The summed E-state index contributed by atoms with van der Waals surface area (Å²) in [5.41, 5.74) is 3.38. The number of H-pyrrole nitrogens is 1. The van der Waals surface area contributed by atoms with Crippen molar-refractivity contribution < 1.29 is 9.59 Å². The van der Waals surface area contributed by atoms with Crippen LogP contribution in [0.2, 0.25) is 0 Å². The van der Waals surface area contributed by atoms with Crippen LogP contribution in [0.3, 0.4) is 0 Å². The molecule has 7 nitrogen and oxygen atoms in total. The number of hydrogen-bond donors (Lipinski definition) is 2. The number of amides is 2. The number of aromatic nitrogens is 2. The Morgan fingerprint density at radius 3 is 2.62 bits per heavy atom. The van der Waals surface area contributed by atoms with Crippen molar-refractivity contribution in [3.8, 4) is 0 Å². The summed E-state index contributed by atoms with van der Waals surface area (Å²) < 4.78 is 0. The highest BCUT2D eigenvalue weighted by Gasteiger charge is 2.23. The summed E-state index contributed by atoms with van der Waals surface area (Å²) >= 11 is 0. The van der Waals surface area contributed by atoms with Gasteiger partial charge in [0.05, 0.1) is 5.52 Å². The molecule has 0 atom stereocenters. The van der Waals surface area contributed by atoms with Gasteiger partial charge in [-0.15, -0.1) is 0 Å². The van der Waals surface area contributed by atoms with Gasteiger partial charge in [-0.05, 0) is 30.2 Å². The third-order valence-electron chi connectivity index (χ3n) is 5.23. The number of aromatic amines is 1. The van der Waals surface area contributed by atoms with E-state index < -0.39 is 0 Å². The zero-order valence-electron chi connectivity index (χ0n) is 16.5. The molecule has 0 spiro atoms. The first kappa shape index (κ1) is 19.1. The molecule has 2 amide bonds. The number of hydrogen-bond acceptors (Lipinski definition) is 4. The molecule has 150 valence electrons. The van der Waals surface area contributed by atoms with E-state index in [0.717, 1.165) is 49.2 Å². The normalized spacial score (nSPS) is 15.3. The third kappa shape index (κ3) is 4.46. The van der Waals surface area contributed by atoms with Gasteiger partial charge in [-0.3, -0.25) is 19.6 Å². The van der Waals surface area contributed by atoms with Gasteiger partial charge in [-0.2, -0.15) is 5.10 Å². The standard InChI is InChI=1S/C22H25N5O2/c1-16(28)23-18-9-7-17(8-10-18)15-26-11-4-12-27(14-13-26)22(29)21-19-5-2-3-6-20(19)24-25-21/h2-3,5-10H,4,11-15H2,1H3,(H,23,28)(H,24,25). The molecule has 1 aromatic heterocycles. The second-order valence-corrected chi connectivity index (χ2v) is 7.42. The molecule has 0 saturated carbocycles. The number of para-hydroxylation sites is 1. The molecule has 1 saturated heterocycles. The van der Waals surface area contributed by atoms with Gasteiger partial charge >= 0.3 is 0 Å². The maximum absolute atomic E-state index is 13.0. The van der Waals surface area contributed by atoms with Gasteiger partial charge in [-0.25, -0.2) is 0 Å². The molecule has 4 rings (SSSR count). The largest absolute Gasteiger partial charge is 0.336 e. The molecule has 29 heavy (non-hydrogen) atoms. The quantitative estimate of drug-likeness (QED) is 0.717. The molecule has 0 radical (unpaired) electrons. The Morgan fingerprint density at radius 1 is 1.03 bits per heavy atom. The summed E-state index contributed by atoms with van der Waals surface area (Å²) in [5.74, 6) is -0.0799. The summed E-state index contributed by atoms with van der Waals surface area (Å²) in [5, 5.41) is 10.9. The summed E-state index contributed by atoms with van der Waals surface area (Å²) in [6.07, 6.45) is 0.929. The van der Waals surface area contributed by atoms with Gasteiger partial charge in [0.15, 0.2) is 5.69 Å².